The smallest absolute Gasteiger partial charge is 0.271 e. The standard InChI is InChI=1S/C14H9Cl2N3O3S.C3H7NO/c15-10-5-2-6-11(16)12(10)13(20)18-14(23)17-8-3-1-4-9(7-8)19(21)22;1-4(2)3-5/h1-7H,(H2,17,18,20,23);3H,1-2H3. The van der Waals surface area contributed by atoms with E-state index in [9.17, 15) is 19.7 Å². The monoisotopic (exact) mass is 442 g/mol. The lowest BCUT2D eigenvalue weighted by Gasteiger charge is -2.11. The lowest BCUT2D eigenvalue weighted by molar-refractivity contribution is -0.384. The van der Waals surface area contributed by atoms with E-state index in [0.717, 1.165) is 6.41 Å². The summed E-state index contributed by atoms with van der Waals surface area (Å²) >= 11 is 16.9. The van der Waals surface area contributed by atoms with E-state index in [1.807, 2.05) is 0 Å². The van der Waals surface area contributed by atoms with E-state index >= 15 is 0 Å². The van der Waals surface area contributed by atoms with E-state index in [0.29, 0.717) is 5.69 Å². The molecular weight excluding hydrogens is 427 g/mol. The van der Waals surface area contributed by atoms with Crippen LogP contribution in [0.3, 0.4) is 0 Å². The molecule has 2 aromatic rings. The highest BCUT2D eigenvalue weighted by molar-refractivity contribution is 7.80. The van der Waals surface area contributed by atoms with Gasteiger partial charge in [-0.05, 0) is 30.4 Å². The first kappa shape index (κ1) is 23.3. The number of nitrogens with one attached hydrogen (secondary N) is 2. The summed E-state index contributed by atoms with van der Waals surface area (Å²) in [6.45, 7) is 0. The SMILES string of the molecule is CN(C)C=O.O=C(NC(=S)Nc1cccc([N+](=O)[O-])c1)c1c(Cl)cccc1Cl. The van der Waals surface area contributed by atoms with Crippen molar-refractivity contribution in [3.63, 3.8) is 0 Å². The second-order valence-electron chi connectivity index (χ2n) is 5.38. The number of rotatable bonds is 4. The molecule has 8 nitrogen and oxygen atoms in total. The minimum atomic E-state index is -0.580. The summed E-state index contributed by atoms with van der Waals surface area (Å²) in [5.41, 5.74) is 0.368. The maximum atomic E-state index is 12.1. The van der Waals surface area contributed by atoms with Gasteiger partial charge >= 0.3 is 0 Å². The molecule has 0 atom stereocenters. The lowest BCUT2D eigenvalue weighted by Crippen LogP contribution is -2.34. The Hall–Kier alpha value is -2.75. The molecule has 2 rings (SSSR count). The summed E-state index contributed by atoms with van der Waals surface area (Å²) in [5, 5.41) is 16.2. The van der Waals surface area contributed by atoms with Crippen LogP contribution in [0.15, 0.2) is 42.5 Å². The molecule has 0 spiro atoms. The van der Waals surface area contributed by atoms with Gasteiger partial charge in [0.25, 0.3) is 11.6 Å². The quantitative estimate of drug-likeness (QED) is 0.323. The Bertz CT molecular complexity index is 873. The molecule has 2 aromatic carbocycles. The van der Waals surface area contributed by atoms with Gasteiger partial charge < -0.3 is 10.2 Å². The van der Waals surface area contributed by atoms with E-state index < -0.39 is 10.8 Å². The van der Waals surface area contributed by atoms with Gasteiger partial charge in [0.2, 0.25) is 6.41 Å². The molecule has 0 fully saturated rings. The van der Waals surface area contributed by atoms with E-state index in [1.54, 1.807) is 26.2 Å². The fourth-order valence-electron chi connectivity index (χ4n) is 1.74. The van der Waals surface area contributed by atoms with Crippen LogP contribution in [0, 0.1) is 10.1 Å². The summed E-state index contributed by atoms with van der Waals surface area (Å²) in [7, 11) is 3.38. The van der Waals surface area contributed by atoms with Crippen LogP contribution >= 0.6 is 35.4 Å². The third-order valence-corrected chi connectivity index (χ3v) is 3.78. The van der Waals surface area contributed by atoms with E-state index in [-0.39, 0.29) is 26.4 Å². The zero-order valence-electron chi connectivity index (χ0n) is 14.8. The first-order valence-electron chi connectivity index (χ1n) is 7.58. The van der Waals surface area contributed by atoms with Crippen molar-refractivity contribution >= 4 is 64.2 Å². The van der Waals surface area contributed by atoms with Gasteiger partial charge in [-0.2, -0.15) is 0 Å². The fourth-order valence-corrected chi connectivity index (χ4v) is 2.52. The molecule has 0 aromatic heterocycles. The number of amides is 2. The molecule has 148 valence electrons. The van der Waals surface area contributed by atoms with Gasteiger partial charge in [-0.15, -0.1) is 0 Å². The molecular formula is C17H16Cl2N4O4S. The van der Waals surface area contributed by atoms with Gasteiger partial charge in [0.1, 0.15) is 0 Å². The molecule has 2 N–H and O–H groups in total. The molecule has 0 saturated heterocycles. The topological polar surface area (TPSA) is 105 Å². The number of nitro benzene ring substituents is 1. The highest BCUT2D eigenvalue weighted by atomic mass is 35.5. The van der Waals surface area contributed by atoms with Gasteiger partial charge in [-0.1, -0.05) is 35.3 Å². The first-order valence-corrected chi connectivity index (χ1v) is 8.74. The molecule has 0 saturated carbocycles. The average Bonchev–Trinajstić information content (AvgIpc) is 2.62. The highest BCUT2D eigenvalue weighted by Crippen LogP contribution is 2.24. The number of non-ortho nitro benzene ring substituents is 1. The number of hydrogen-bond acceptors (Lipinski definition) is 5. The third kappa shape index (κ3) is 7.47. The molecule has 0 radical (unpaired) electrons. The zero-order valence-corrected chi connectivity index (χ0v) is 17.1. The number of hydrogen-bond donors (Lipinski definition) is 2. The molecule has 28 heavy (non-hydrogen) atoms. The third-order valence-electron chi connectivity index (χ3n) is 2.94. The van der Waals surface area contributed by atoms with Crippen LogP contribution in [0.5, 0.6) is 0 Å². The summed E-state index contributed by atoms with van der Waals surface area (Å²) in [4.78, 5) is 33.2. The van der Waals surface area contributed by atoms with Crippen molar-refractivity contribution in [3.8, 4) is 0 Å². The van der Waals surface area contributed by atoms with Crippen LogP contribution in [-0.2, 0) is 4.79 Å². The average molecular weight is 443 g/mol. The number of anilines is 1. The second-order valence-corrected chi connectivity index (χ2v) is 6.60. The Morgan fingerprint density at radius 2 is 1.71 bits per heavy atom. The molecule has 0 heterocycles. The predicted molar refractivity (Wildman–Crippen MR) is 113 cm³/mol. The molecule has 2 amide bonds. The number of carbonyl (C=O) groups excluding carboxylic acids is 2. The number of nitrogens with zero attached hydrogens (tertiary/aromatic N) is 2. The summed E-state index contributed by atoms with van der Waals surface area (Å²) < 4.78 is 0. The first-order chi connectivity index (χ1) is 13.1. The molecule has 0 aliphatic carbocycles. The fraction of sp³-hybridized carbons (Fsp3) is 0.118. The molecule has 0 aliphatic heterocycles. The molecule has 0 bridgehead atoms. The number of nitro groups is 1. The summed E-state index contributed by atoms with van der Waals surface area (Å²) in [6.07, 6.45) is 0.750. The maximum absolute atomic E-state index is 12.1. The van der Waals surface area contributed by atoms with Crippen molar-refractivity contribution in [1.29, 1.82) is 0 Å². The lowest BCUT2D eigenvalue weighted by atomic mass is 10.2. The molecule has 11 heteroatoms. The Morgan fingerprint density at radius 1 is 1.18 bits per heavy atom. The van der Waals surface area contributed by atoms with Crippen LogP contribution in [0.1, 0.15) is 10.4 Å². The number of thiocarbonyl (C=S) groups is 1. The molecule has 0 aliphatic rings. The van der Waals surface area contributed by atoms with Crippen LogP contribution < -0.4 is 10.6 Å². The minimum absolute atomic E-state index is 0.0357. The van der Waals surface area contributed by atoms with Crippen molar-refractivity contribution in [2.24, 2.45) is 0 Å². The van der Waals surface area contributed by atoms with E-state index in [2.05, 4.69) is 10.6 Å². The highest BCUT2D eigenvalue weighted by Gasteiger charge is 2.16. The van der Waals surface area contributed by atoms with Gasteiger partial charge in [-0.3, -0.25) is 25.0 Å². The van der Waals surface area contributed by atoms with Gasteiger partial charge in [0, 0.05) is 31.9 Å². The van der Waals surface area contributed by atoms with E-state index in [4.69, 9.17) is 35.4 Å². The van der Waals surface area contributed by atoms with Crippen LogP contribution in [-0.4, -0.2) is 41.3 Å². The van der Waals surface area contributed by atoms with Gasteiger partial charge in [0.05, 0.1) is 20.5 Å². The zero-order chi connectivity index (χ0) is 21.3. The minimum Gasteiger partial charge on any atom is -0.351 e. The van der Waals surface area contributed by atoms with Crippen molar-refractivity contribution < 1.29 is 14.5 Å². The van der Waals surface area contributed by atoms with Crippen LogP contribution in [0.4, 0.5) is 11.4 Å². The normalized spacial score (nSPS) is 9.43. The molecule has 0 unspecified atom stereocenters. The number of carbonyl (C=O) groups is 2. The van der Waals surface area contributed by atoms with Crippen LogP contribution in [0.25, 0.3) is 0 Å². The van der Waals surface area contributed by atoms with Gasteiger partial charge in [-0.25, -0.2) is 0 Å². The Morgan fingerprint density at radius 3 is 2.21 bits per heavy atom. The summed E-state index contributed by atoms with van der Waals surface area (Å²) in [5.74, 6) is -0.580. The largest absolute Gasteiger partial charge is 0.351 e. The van der Waals surface area contributed by atoms with Crippen molar-refractivity contribution in [3.05, 3.63) is 68.2 Å². The van der Waals surface area contributed by atoms with E-state index in [1.165, 1.54) is 35.2 Å². The number of benzene rings is 2. The summed E-state index contributed by atoms with van der Waals surface area (Å²) in [6, 6.07) is 10.4. The number of halogens is 2. The predicted octanol–water partition coefficient (Wildman–Crippen LogP) is 3.73. The Balaban J connectivity index is 0.000000696. The van der Waals surface area contributed by atoms with Crippen molar-refractivity contribution in [2.75, 3.05) is 19.4 Å². The maximum Gasteiger partial charge on any atom is 0.271 e. The Labute approximate surface area is 176 Å². The van der Waals surface area contributed by atoms with Gasteiger partial charge in [0.15, 0.2) is 5.11 Å². The Kier molecular flexibility index (Phi) is 9.29. The van der Waals surface area contributed by atoms with Crippen molar-refractivity contribution in [2.45, 2.75) is 0 Å². The van der Waals surface area contributed by atoms with Crippen molar-refractivity contribution in [1.82, 2.24) is 10.2 Å². The van der Waals surface area contributed by atoms with Crippen LogP contribution in [0.2, 0.25) is 10.0 Å². The second kappa shape index (κ2) is 11.2.